The third-order valence-corrected chi connectivity index (χ3v) is 3.25. The largest absolute Gasteiger partial charge is 0.457 e. The summed E-state index contributed by atoms with van der Waals surface area (Å²) >= 11 is 0. The van der Waals surface area contributed by atoms with Crippen molar-refractivity contribution in [2.45, 2.75) is 6.61 Å². The monoisotopic (exact) mass is 292 g/mol. The Labute approximate surface area is 126 Å². The van der Waals surface area contributed by atoms with E-state index < -0.39 is 0 Å². The lowest BCUT2D eigenvalue weighted by Crippen LogP contribution is -1.99. The highest BCUT2D eigenvalue weighted by atomic mass is 16.5. The number of fused-ring (bicyclic) bond motifs is 1. The fourth-order valence-corrected chi connectivity index (χ4v) is 2.17. The topological polar surface area (TPSA) is 65.5 Å². The zero-order chi connectivity index (χ0) is 14.8. The lowest BCUT2D eigenvalue weighted by molar-refractivity contribution is 0.265. The second-order valence-electron chi connectivity index (χ2n) is 4.75. The fourth-order valence-electron chi connectivity index (χ4n) is 2.17. The van der Waals surface area contributed by atoms with Gasteiger partial charge in [-0.3, -0.25) is 4.40 Å². The van der Waals surface area contributed by atoms with E-state index in [1.807, 2.05) is 60.8 Å². The zero-order valence-electron chi connectivity index (χ0n) is 11.6. The number of hydrogen-bond acceptors (Lipinski definition) is 5. The minimum absolute atomic E-state index is 0.270. The molecule has 108 valence electrons. The number of nitrogens with zero attached hydrogens (tertiary/aromatic N) is 4. The molecule has 22 heavy (non-hydrogen) atoms. The Morgan fingerprint density at radius 2 is 1.86 bits per heavy atom. The van der Waals surface area contributed by atoms with Crippen molar-refractivity contribution in [2.75, 3.05) is 0 Å². The van der Waals surface area contributed by atoms with Gasteiger partial charge in [0.2, 0.25) is 0 Å². The minimum atomic E-state index is 0.270. The molecule has 4 rings (SSSR count). The molecule has 0 N–H and O–H groups in total. The Morgan fingerprint density at radius 3 is 2.77 bits per heavy atom. The maximum absolute atomic E-state index is 5.66. The number of hydrogen-bond donors (Lipinski definition) is 0. The summed E-state index contributed by atoms with van der Waals surface area (Å²) in [5.41, 5.74) is 2.42. The summed E-state index contributed by atoms with van der Waals surface area (Å²) in [6.45, 7) is 0.270. The summed E-state index contributed by atoms with van der Waals surface area (Å²) in [5, 5.41) is 12.1. The highest BCUT2D eigenvalue weighted by Crippen LogP contribution is 2.20. The van der Waals surface area contributed by atoms with Gasteiger partial charge < -0.3 is 9.26 Å². The zero-order valence-corrected chi connectivity index (χ0v) is 11.6. The van der Waals surface area contributed by atoms with Crippen LogP contribution in [0.3, 0.4) is 0 Å². The van der Waals surface area contributed by atoms with E-state index in [-0.39, 0.29) is 6.61 Å². The molecule has 0 saturated carbocycles. The molecule has 0 atom stereocenters. The SMILES string of the molecule is c1ccc(-c2cc(COc3nnc4ccccn34)no2)cc1. The third-order valence-electron chi connectivity index (χ3n) is 3.25. The Kier molecular flexibility index (Phi) is 3.05. The van der Waals surface area contributed by atoms with Crippen LogP contribution in [0.5, 0.6) is 6.01 Å². The predicted molar refractivity (Wildman–Crippen MR) is 79.3 cm³/mol. The van der Waals surface area contributed by atoms with Crippen LogP contribution in [-0.2, 0) is 6.61 Å². The van der Waals surface area contributed by atoms with Crippen LogP contribution in [0.1, 0.15) is 5.69 Å². The van der Waals surface area contributed by atoms with E-state index in [0.717, 1.165) is 11.2 Å². The first-order chi connectivity index (χ1) is 10.9. The first-order valence-electron chi connectivity index (χ1n) is 6.84. The van der Waals surface area contributed by atoms with Gasteiger partial charge in [0.05, 0.1) is 0 Å². The van der Waals surface area contributed by atoms with Gasteiger partial charge in [0.25, 0.3) is 0 Å². The van der Waals surface area contributed by atoms with E-state index in [1.54, 1.807) is 4.40 Å². The van der Waals surface area contributed by atoms with Gasteiger partial charge in [0.1, 0.15) is 12.3 Å². The van der Waals surface area contributed by atoms with Crippen LogP contribution in [-0.4, -0.2) is 19.8 Å². The molecule has 0 unspecified atom stereocenters. The highest BCUT2D eigenvalue weighted by molar-refractivity contribution is 5.56. The van der Waals surface area contributed by atoms with Gasteiger partial charge in [-0.2, -0.15) is 0 Å². The van der Waals surface area contributed by atoms with Gasteiger partial charge in [-0.05, 0) is 12.1 Å². The second kappa shape index (κ2) is 5.33. The Hall–Kier alpha value is -3.15. The molecule has 4 aromatic rings. The van der Waals surface area contributed by atoms with Crippen LogP contribution in [0.2, 0.25) is 0 Å². The lowest BCUT2D eigenvalue weighted by Gasteiger charge is -2.00. The van der Waals surface area contributed by atoms with E-state index in [4.69, 9.17) is 9.26 Å². The summed E-state index contributed by atoms with van der Waals surface area (Å²) < 4.78 is 12.8. The highest BCUT2D eigenvalue weighted by Gasteiger charge is 2.09. The average molecular weight is 292 g/mol. The maximum atomic E-state index is 5.66. The van der Waals surface area contributed by atoms with E-state index in [2.05, 4.69) is 15.4 Å². The summed E-state index contributed by atoms with van der Waals surface area (Å²) in [6.07, 6.45) is 1.85. The second-order valence-corrected chi connectivity index (χ2v) is 4.75. The number of aromatic nitrogens is 4. The first kappa shape index (κ1) is 12.6. The fraction of sp³-hybridized carbons (Fsp3) is 0.0625. The summed E-state index contributed by atoms with van der Waals surface area (Å²) in [4.78, 5) is 0. The molecule has 1 aromatic carbocycles. The van der Waals surface area contributed by atoms with E-state index >= 15 is 0 Å². The van der Waals surface area contributed by atoms with Crippen LogP contribution in [0.15, 0.2) is 65.3 Å². The number of rotatable bonds is 4. The Bertz CT molecular complexity index is 899. The minimum Gasteiger partial charge on any atom is -0.457 e. The molecule has 6 heteroatoms. The van der Waals surface area contributed by atoms with E-state index in [1.165, 1.54) is 0 Å². The molecule has 0 aliphatic rings. The van der Waals surface area contributed by atoms with Crippen molar-refractivity contribution in [2.24, 2.45) is 0 Å². The normalized spacial score (nSPS) is 10.9. The maximum Gasteiger partial charge on any atom is 0.321 e. The molecule has 0 saturated heterocycles. The molecule has 0 aliphatic carbocycles. The van der Waals surface area contributed by atoms with E-state index in [9.17, 15) is 0 Å². The summed E-state index contributed by atoms with van der Waals surface area (Å²) in [7, 11) is 0. The quantitative estimate of drug-likeness (QED) is 0.578. The third kappa shape index (κ3) is 2.31. The van der Waals surface area contributed by atoms with Crippen LogP contribution in [0, 0.1) is 0 Å². The van der Waals surface area contributed by atoms with Crippen LogP contribution >= 0.6 is 0 Å². The van der Waals surface area contributed by atoms with Crippen LogP contribution < -0.4 is 4.74 Å². The van der Waals surface area contributed by atoms with Crippen molar-refractivity contribution in [3.63, 3.8) is 0 Å². The van der Waals surface area contributed by atoms with Gasteiger partial charge in [-0.15, -0.1) is 5.10 Å². The molecular weight excluding hydrogens is 280 g/mol. The molecule has 3 aromatic heterocycles. The molecule has 0 spiro atoms. The van der Waals surface area contributed by atoms with Crippen molar-refractivity contribution in [1.82, 2.24) is 19.8 Å². The molecule has 0 aliphatic heterocycles. The van der Waals surface area contributed by atoms with E-state index in [0.29, 0.717) is 17.5 Å². The molecule has 0 radical (unpaired) electrons. The number of benzene rings is 1. The average Bonchev–Trinajstić information content (AvgIpc) is 3.21. The van der Waals surface area contributed by atoms with Crippen LogP contribution in [0.25, 0.3) is 17.0 Å². The van der Waals surface area contributed by atoms with Crippen molar-refractivity contribution in [1.29, 1.82) is 0 Å². The van der Waals surface area contributed by atoms with Crippen molar-refractivity contribution >= 4 is 5.65 Å². The molecule has 0 amide bonds. The molecule has 6 nitrogen and oxygen atoms in total. The van der Waals surface area contributed by atoms with Gasteiger partial charge in [0, 0.05) is 17.8 Å². The van der Waals surface area contributed by atoms with Crippen molar-refractivity contribution < 1.29 is 9.26 Å². The van der Waals surface area contributed by atoms with Crippen molar-refractivity contribution in [3.8, 4) is 17.3 Å². The molecule has 3 heterocycles. The number of ether oxygens (including phenoxy) is 1. The number of pyridine rings is 1. The molecule has 0 bridgehead atoms. The van der Waals surface area contributed by atoms with Gasteiger partial charge in [0.15, 0.2) is 11.4 Å². The van der Waals surface area contributed by atoms with Gasteiger partial charge >= 0.3 is 6.01 Å². The Morgan fingerprint density at radius 1 is 1.00 bits per heavy atom. The Balaban J connectivity index is 1.52. The molecular formula is C16H12N4O2. The van der Waals surface area contributed by atoms with Crippen molar-refractivity contribution in [3.05, 3.63) is 66.5 Å². The lowest BCUT2D eigenvalue weighted by atomic mass is 10.2. The standard InChI is InChI=1S/C16H12N4O2/c1-2-6-12(7-3-1)14-10-13(19-22-14)11-21-16-18-17-15-8-4-5-9-20(15)16/h1-10H,11H2. The molecule has 0 fully saturated rings. The smallest absolute Gasteiger partial charge is 0.321 e. The first-order valence-corrected chi connectivity index (χ1v) is 6.84. The summed E-state index contributed by atoms with van der Waals surface area (Å²) in [5.74, 6) is 0.713. The predicted octanol–water partition coefficient (Wildman–Crippen LogP) is 2.96. The summed E-state index contributed by atoms with van der Waals surface area (Å²) in [6, 6.07) is 17.8. The van der Waals surface area contributed by atoms with Gasteiger partial charge in [-0.1, -0.05) is 46.7 Å². The van der Waals surface area contributed by atoms with Crippen LogP contribution in [0.4, 0.5) is 0 Å². The van der Waals surface area contributed by atoms with Gasteiger partial charge in [-0.25, -0.2) is 0 Å².